The minimum Gasteiger partial charge on any atom is -0.439 e. The highest BCUT2D eigenvalue weighted by Crippen LogP contribution is 2.34. The van der Waals surface area contributed by atoms with Gasteiger partial charge in [-0.25, -0.2) is 0 Å². The van der Waals surface area contributed by atoms with Crippen LogP contribution in [0.2, 0.25) is 0 Å². The van der Waals surface area contributed by atoms with Crippen molar-refractivity contribution < 1.29 is 4.74 Å². The number of rotatable bonds is 4. The Bertz CT molecular complexity index is 615. The SMILES string of the molecule is CCNc1cccc(Oc2ccc(C)cc2C(C)(C)C)n1. The summed E-state index contributed by atoms with van der Waals surface area (Å²) in [7, 11) is 0. The number of anilines is 1. The van der Waals surface area contributed by atoms with E-state index in [2.05, 4.69) is 50.1 Å². The van der Waals surface area contributed by atoms with Gasteiger partial charge in [0.25, 0.3) is 0 Å². The second-order valence-corrected chi connectivity index (χ2v) is 6.24. The molecule has 0 spiro atoms. The maximum Gasteiger partial charge on any atom is 0.221 e. The predicted octanol–water partition coefficient (Wildman–Crippen LogP) is 4.91. The first-order valence-electron chi connectivity index (χ1n) is 7.40. The molecular weight excluding hydrogens is 260 g/mol. The molecule has 1 heterocycles. The average molecular weight is 284 g/mol. The van der Waals surface area contributed by atoms with Crippen molar-refractivity contribution in [1.82, 2.24) is 4.98 Å². The molecule has 112 valence electrons. The van der Waals surface area contributed by atoms with Crippen molar-refractivity contribution in [3.8, 4) is 11.6 Å². The number of pyridine rings is 1. The second kappa shape index (κ2) is 6.17. The van der Waals surface area contributed by atoms with E-state index in [1.54, 1.807) is 0 Å². The van der Waals surface area contributed by atoms with E-state index in [9.17, 15) is 0 Å². The summed E-state index contributed by atoms with van der Waals surface area (Å²) in [6, 6.07) is 12.0. The zero-order valence-corrected chi connectivity index (χ0v) is 13.5. The van der Waals surface area contributed by atoms with E-state index in [0.717, 1.165) is 18.1 Å². The molecule has 1 aromatic heterocycles. The van der Waals surface area contributed by atoms with Crippen molar-refractivity contribution in [1.29, 1.82) is 0 Å². The monoisotopic (exact) mass is 284 g/mol. The third kappa shape index (κ3) is 3.97. The molecule has 0 saturated carbocycles. The lowest BCUT2D eigenvalue weighted by atomic mass is 9.85. The Balaban J connectivity index is 2.33. The van der Waals surface area contributed by atoms with Gasteiger partial charge in [0, 0.05) is 18.2 Å². The zero-order chi connectivity index (χ0) is 15.5. The largest absolute Gasteiger partial charge is 0.439 e. The third-order valence-electron chi connectivity index (χ3n) is 3.24. The molecule has 0 radical (unpaired) electrons. The fourth-order valence-electron chi connectivity index (χ4n) is 2.18. The summed E-state index contributed by atoms with van der Waals surface area (Å²) in [6.07, 6.45) is 0. The Morgan fingerprint density at radius 2 is 1.90 bits per heavy atom. The van der Waals surface area contributed by atoms with Gasteiger partial charge in [-0.2, -0.15) is 4.98 Å². The summed E-state index contributed by atoms with van der Waals surface area (Å²) in [5, 5.41) is 3.20. The molecule has 0 unspecified atom stereocenters. The molecule has 0 saturated heterocycles. The van der Waals surface area contributed by atoms with Crippen molar-refractivity contribution in [2.75, 3.05) is 11.9 Å². The quantitative estimate of drug-likeness (QED) is 0.866. The summed E-state index contributed by atoms with van der Waals surface area (Å²) in [6.45, 7) is 11.6. The molecule has 0 atom stereocenters. The number of nitrogens with one attached hydrogen (secondary N) is 1. The summed E-state index contributed by atoms with van der Waals surface area (Å²) >= 11 is 0. The zero-order valence-electron chi connectivity index (χ0n) is 13.5. The molecule has 3 heteroatoms. The predicted molar refractivity (Wildman–Crippen MR) is 88.4 cm³/mol. The molecule has 2 aromatic rings. The second-order valence-electron chi connectivity index (χ2n) is 6.24. The van der Waals surface area contributed by atoms with Gasteiger partial charge in [-0.15, -0.1) is 0 Å². The van der Waals surface area contributed by atoms with Gasteiger partial charge < -0.3 is 10.1 Å². The fraction of sp³-hybridized carbons (Fsp3) is 0.389. The van der Waals surface area contributed by atoms with Crippen molar-refractivity contribution in [2.45, 2.75) is 40.0 Å². The van der Waals surface area contributed by atoms with E-state index >= 15 is 0 Å². The fourth-order valence-corrected chi connectivity index (χ4v) is 2.18. The van der Waals surface area contributed by atoms with Crippen LogP contribution in [0.15, 0.2) is 36.4 Å². The molecule has 1 aromatic carbocycles. The van der Waals surface area contributed by atoms with Crippen molar-refractivity contribution in [3.63, 3.8) is 0 Å². The van der Waals surface area contributed by atoms with Crippen LogP contribution in [0.25, 0.3) is 0 Å². The Morgan fingerprint density at radius 3 is 2.57 bits per heavy atom. The summed E-state index contributed by atoms with van der Waals surface area (Å²) in [4.78, 5) is 4.47. The van der Waals surface area contributed by atoms with Crippen LogP contribution in [-0.2, 0) is 5.41 Å². The topological polar surface area (TPSA) is 34.1 Å². The van der Waals surface area contributed by atoms with Crippen LogP contribution in [0, 0.1) is 6.92 Å². The first kappa shape index (κ1) is 15.4. The standard InChI is InChI=1S/C18H24N2O/c1-6-19-16-8-7-9-17(20-16)21-15-11-10-13(2)12-14(15)18(3,4)5/h7-12H,6H2,1-5H3,(H,19,20). The number of hydrogen-bond donors (Lipinski definition) is 1. The van der Waals surface area contributed by atoms with E-state index in [1.165, 1.54) is 11.1 Å². The maximum absolute atomic E-state index is 6.03. The van der Waals surface area contributed by atoms with Crippen molar-refractivity contribution in [2.24, 2.45) is 0 Å². The van der Waals surface area contributed by atoms with Crippen LogP contribution in [0.4, 0.5) is 5.82 Å². The van der Waals surface area contributed by atoms with E-state index in [-0.39, 0.29) is 5.41 Å². The summed E-state index contributed by atoms with van der Waals surface area (Å²) in [5.74, 6) is 2.32. The lowest BCUT2D eigenvalue weighted by molar-refractivity contribution is 0.440. The normalized spacial score (nSPS) is 11.3. The number of aromatic nitrogens is 1. The van der Waals surface area contributed by atoms with Gasteiger partial charge in [-0.3, -0.25) is 0 Å². The van der Waals surface area contributed by atoms with Crippen LogP contribution in [-0.4, -0.2) is 11.5 Å². The van der Waals surface area contributed by atoms with Gasteiger partial charge in [0.15, 0.2) is 0 Å². The van der Waals surface area contributed by atoms with Gasteiger partial charge >= 0.3 is 0 Å². The van der Waals surface area contributed by atoms with E-state index in [0.29, 0.717) is 5.88 Å². The van der Waals surface area contributed by atoms with Crippen LogP contribution in [0.5, 0.6) is 11.6 Å². The Kier molecular flexibility index (Phi) is 4.51. The molecule has 0 fully saturated rings. The highest BCUT2D eigenvalue weighted by Gasteiger charge is 2.19. The van der Waals surface area contributed by atoms with E-state index < -0.39 is 0 Å². The molecule has 1 N–H and O–H groups in total. The van der Waals surface area contributed by atoms with Crippen LogP contribution in [0.1, 0.15) is 38.8 Å². The molecule has 21 heavy (non-hydrogen) atoms. The van der Waals surface area contributed by atoms with E-state index in [4.69, 9.17) is 4.74 Å². The number of hydrogen-bond acceptors (Lipinski definition) is 3. The lowest BCUT2D eigenvalue weighted by Gasteiger charge is -2.23. The van der Waals surface area contributed by atoms with E-state index in [1.807, 2.05) is 31.2 Å². The molecular formula is C18H24N2O. The van der Waals surface area contributed by atoms with Gasteiger partial charge in [-0.1, -0.05) is 44.5 Å². The minimum atomic E-state index is 0.0284. The molecule has 2 rings (SSSR count). The van der Waals surface area contributed by atoms with Crippen LogP contribution in [0.3, 0.4) is 0 Å². The van der Waals surface area contributed by atoms with Gasteiger partial charge in [-0.05, 0) is 31.4 Å². The van der Waals surface area contributed by atoms with Gasteiger partial charge in [0.1, 0.15) is 11.6 Å². The molecule has 0 amide bonds. The Morgan fingerprint density at radius 1 is 1.14 bits per heavy atom. The minimum absolute atomic E-state index is 0.0284. The maximum atomic E-state index is 6.03. The molecule has 3 nitrogen and oxygen atoms in total. The van der Waals surface area contributed by atoms with Crippen molar-refractivity contribution in [3.05, 3.63) is 47.5 Å². The Hall–Kier alpha value is -2.03. The Labute approximate surface area is 127 Å². The number of benzene rings is 1. The highest BCUT2D eigenvalue weighted by atomic mass is 16.5. The molecule has 0 bridgehead atoms. The first-order chi connectivity index (χ1) is 9.90. The first-order valence-corrected chi connectivity index (χ1v) is 7.40. The van der Waals surface area contributed by atoms with Gasteiger partial charge in [0.05, 0.1) is 0 Å². The van der Waals surface area contributed by atoms with Gasteiger partial charge in [0.2, 0.25) is 5.88 Å². The number of nitrogens with zero attached hydrogens (tertiary/aromatic N) is 1. The number of aryl methyl sites for hydroxylation is 1. The molecule has 0 aliphatic heterocycles. The molecule has 0 aliphatic carbocycles. The van der Waals surface area contributed by atoms with Crippen LogP contribution >= 0.6 is 0 Å². The lowest BCUT2D eigenvalue weighted by Crippen LogP contribution is -2.13. The summed E-state index contributed by atoms with van der Waals surface area (Å²) in [5.41, 5.74) is 2.46. The van der Waals surface area contributed by atoms with Crippen LogP contribution < -0.4 is 10.1 Å². The third-order valence-corrected chi connectivity index (χ3v) is 3.24. The molecule has 0 aliphatic rings. The smallest absolute Gasteiger partial charge is 0.221 e. The van der Waals surface area contributed by atoms with Crippen molar-refractivity contribution >= 4 is 5.82 Å². The number of ether oxygens (including phenoxy) is 1. The highest BCUT2D eigenvalue weighted by molar-refractivity contribution is 5.44. The average Bonchev–Trinajstić information content (AvgIpc) is 2.40. The summed E-state index contributed by atoms with van der Waals surface area (Å²) < 4.78 is 6.03.